The van der Waals surface area contributed by atoms with Crippen molar-refractivity contribution in [3.63, 3.8) is 0 Å². The molecule has 1 aromatic heterocycles. The lowest BCUT2D eigenvalue weighted by Gasteiger charge is -2.20. The molecule has 4 heteroatoms. The number of amides is 1. The van der Waals surface area contributed by atoms with Gasteiger partial charge in [-0.25, -0.2) is 0 Å². The fourth-order valence-electron chi connectivity index (χ4n) is 2.67. The maximum Gasteiger partial charge on any atom is 0.287 e. The van der Waals surface area contributed by atoms with E-state index in [1.807, 2.05) is 54.6 Å². The van der Waals surface area contributed by atoms with E-state index >= 15 is 0 Å². The number of likely N-dealkylation sites (N-methyl/N-ethyl adjacent to an activating group) is 1. The third-order valence-corrected chi connectivity index (χ3v) is 3.77. The summed E-state index contributed by atoms with van der Waals surface area (Å²) in [5.74, 6) is 0.164. The van der Waals surface area contributed by atoms with Crippen molar-refractivity contribution in [1.29, 1.82) is 0 Å². The fourth-order valence-corrected chi connectivity index (χ4v) is 2.67. The number of carbonyl (C=O) groups excluding carboxylic acids is 1. The summed E-state index contributed by atoms with van der Waals surface area (Å²) in [6.45, 7) is 0.802. The lowest BCUT2D eigenvalue weighted by molar-refractivity contribution is -0.860. The van der Waals surface area contributed by atoms with Crippen molar-refractivity contribution in [1.82, 2.24) is 5.32 Å². The summed E-state index contributed by atoms with van der Waals surface area (Å²) < 4.78 is 5.65. The molecule has 3 rings (SSSR count). The van der Waals surface area contributed by atoms with E-state index in [4.69, 9.17) is 4.42 Å². The van der Waals surface area contributed by atoms with E-state index in [9.17, 15) is 4.79 Å². The molecule has 0 bridgehead atoms. The zero-order valence-corrected chi connectivity index (χ0v) is 13.4. The topological polar surface area (TPSA) is 46.7 Å². The van der Waals surface area contributed by atoms with Gasteiger partial charge in [0.15, 0.2) is 5.76 Å². The van der Waals surface area contributed by atoms with Crippen molar-refractivity contribution in [2.45, 2.75) is 6.04 Å². The number of benzene rings is 2. The van der Waals surface area contributed by atoms with Gasteiger partial charge < -0.3 is 14.6 Å². The van der Waals surface area contributed by atoms with Crippen LogP contribution in [0.25, 0.3) is 11.0 Å². The standard InChI is InChI=1S/C19H20N2O2/c1-21(2)13-16(14-8-4-3-5-9-14)20-19(22)18-12-15-10-6-7-11-17(15)23-18/h3-12,16H,13H2,1-2H3,(H,20,22)/p+1/t16-/m1/s1. The summed E-state index contributed by atoms with van der Waals surface area (Å²) in [4.78, 5) is 13.8. The molecule has 4 nitrogen and oxygen atoms in total. The van der Waals surface area contributed by atoms with Crippen molar-refractivity contribution >= 4 is 16.9 Å². The van der Waals surface area contributed by atoms with E-state index in [1.165, 1.54) is 4.90 Å². The summed E-state index contributed by atoms with van der Waals surface area (Å²) in [7, 11) is 4.15. The minimum atomic E-state index is -0.184. The van der Waals surface area contributed by atoms with Gasteiger partial charge in [-0.15, -0.1) is 0 Å². The van der Waals surface area contributed by atoms with Crippen LogP contribution in [0.4, 0.5) is 0 Å². The molecular weight excluding hydrogens is 288 g/mol. The largest absolute Gasteiger partial charge is 0.451 e. The van der Waals surface area contributed by atoms with E-state index in [0.717, 1.165) is 23.1 Å². The van der Waals surface area contributed by atoms with Gasteiger partial charge in [0, 0.05) is 5.39 Å². The highest BCUT2D eigenvalue weighted by Crippen LogP contribution is 2.19. The van der Waals surface area contributed by atoms with Crippen molar-refractivity contribution in [3.8, 4) is 0 Å². The van der Waals surface area contributed by atoms with Crippen LogP contribution in [0.15, 0.2) is 65.1 Å². The molecule has 0 aliphatic heterocycles. The van der Waals surface area contributed by atoms with Gasteiger partial charge in [0.2, 0.25) is 0 Å². The second-order valence-electron chi connectivity index (χ2n) is 6.00. The molecule has 2 aromatic carbocycles. The van der Waals surface area contributed by atoms with Gasteiger partial charge in [0.1, 0.15) is 18.2 Å². The molecule has 0 spiro atoms. The van der Waals surface area contributed by atoms with Crippen LogP contribution in [0, 0.1) is 0 Å². The Kier molecular flexibility index (Phi) is 4.44. The predicted octanol–water partition coefficient (Wildman–Crippen LogP) is 2.05. The average molecular weight is 309 g/mol. The Labute approximate surface area is 135 Å². The van der Waals surface area contributed by atoms with Crippen LogP contribution in [0.1, 0.15) is 22.2 Å². The molecule has 0 unspecified atom stereocenters. The number of quaternary nitrogens is 1. The van der Waals surface area contributed by atoms with E-state index in [-0.39, 0.29) is 11.9 Å². The van der Waals surface area contributed by atoms with Crippen molar-refractivity contribution < 1.29 is 14.1 Å². The Balaban J connectivity index is 1.82. The number of para-hydroxylation sites is 1. The van der Waals surface area contributed by atoms with Crippen LogP contribution in [0.3, 0.4) is 0 Å². The fraction of sp³-hybridized carbons (Fsp3) is 0.211. The zero-order valence-electron chi connectivity index (χ0n) is 13.4. The van der Waals surface area contributed by atoms with Gasteiger partial charge in [-0.2, -0.15) is 0 Å². The van der Waals surface area contributed by atoms with Gasteiger partial charge in [0.05, 0.1) is 14.1 Å². The molecule has 3 aromatic rings. The molecule has 0 aliphatic rings. The molecule has 23 heavy (non-hydrogen) atoms. The number of rotatable bonds is 5. The maximum absolute atomic E-state index is 12.6. The van der Waals surface area contributed by atoms with Crippen LogP contribution in [-0.2, 0) is 0 Å². The smallest absolute Gasteiger partial charge is 0.287 e. The molecule has 1 atom stereocenters. The van der Waals surface area contributed by atoms with Crippen LogP contribution in [-0.4, -0.2) is 26.5 Å². The SMILES string of the molecule is C[NH+](C)C[C@@H](NC(=O)c1cc2ccccc2o1)c1ccccc1. The van der Waals surface area contributed by atoms with Crippen LogP contribution in [0.2, 0.25) is 0 Å². The number of carbonyl (C=O) groups is 1. The first-order valence-corrected chi connectivity index (χ1v) is 7.77. The third-order valence-electron chi connectivity index (χ3n) is 3.77. The quantitative estimate of drug-likeness (QED) is 0.758. The molecule has 0 saturated heterocycles. The zero-order chi connectivity index (χ0) is 16.2. The number of furan rings is 1. The van der Waals surface area contributed by atoms with Crippen molar-refractivity contribution in [2.24, 2.45) is 0 Å². The summed E-state index contributed by atoms with van der Waals surface area (Å²) >= 11 is 0. The molecule has 0 fully saturated rings. The number of hydrogen-bond acceptors (Lipinski definition) is 2. The van der Waals surface area contributed by atoms with Crippen molar-refractivity contribution in [3.05, 3.63) is 72.0 Å². The average Bonchev–Trinajstić information content (AvgIpc) is 2.99. The molecule has 118 valence electrons. The Morgan fingerprint density at radius 2 is 1.78 bits per heavy atom. The summed E-state index contributed by atoms with van der Waals surface area (Å²) in [6.07, 6.45) is 0. The van der Waals surface area contributed by atoms with Crippen LogP contribution >= 0.6 is 0 Å². The summed E-state index contributed by atoms with van der Waals surface area (Å²) in [5.41, 5.74) is 1.82. The Morgan fingerprint density at radius 3 is 2.48 bits per heavy atom. The molecule has 1 amide bonds. The van der Waals surface area contributed by atoms with Gasteiger partial charge in [-0.3, -0.25) is 4.79 Å². The highest BCUT2D eigenvalue weighted by Gasteiger charge is 2.20. The van der Waals surface area contributed by atoms with Gasteiger partial charge in [0.25, 0.3) is 5.91 Å². The van der Waals surface area contributed by atoms with E-state index < -0.39 is 0 Å². The second kappa shape index (κ2) is 6.67. The predicted molar refractivity (Wildman–Crippen MR) is 90.5 cm³/mol. The third kappa shape index (κ3) is 3.60. The van der Waals surface area contributed by atoms with Gasteiger partial charge in [-0.1, -0.05) is 48.5 Å². The lowest BCUT2D eigenvalue weighted by atomic mass is 10.1. The van der Waals surface area contributed by atoms with E-state index in [0.29, 0.717) is 5.76 Å². The molecule has 2 N–H and O–H groups in total. The maximum atomic E-state index is 12.6. The second-order valence-corrected chi connectivity index (χ2v) is 6.00. The van der Waals surface area contributed by atoms with E-state index in [1.54, 1.807) is 6.07 Å². The minimum Gasteiger partial charge on any atom is -0.451 e. The minimum absolute atomic E-state index is 0.0538. The molecular formula is C19H21N2O2+. The van der Waals surface area contributed by atoms with Crippen LogP contribution in [0.5, 0.6) is 0 Å². The molecule has 0 aliphatic carbocycles. The monoisotopic (exact) mass is 309 g/mol. The first-order chi connectivity index (χ1) is 11.1. The molecule has 1 heterocycles. The first kappa shape index (κ1) is 15.3. The molecule has 0 radical (unpaired) electrons. The van der Waals surface area contributed by atoms with Gasteiger partial charge in [-0.05, 0) is 17.7 Å². The summed E-state index contributed by atoms with van der Waals surface area (Å²) in [6, 6.07) is 19.4. The Morgan fingerprint density at radius 1 is 1.09 bits per heavy atom. The van der Waals surface area contributed by atoms with Crippen molar-refractivity contribution in [2.75, 3.05) is 20.6 Å². The highest BCUT2D eigenvalue weighted by molar-refractivity contribution is 5.96. The first-order valence-electron chi connectivity index (χ1n) is 7.77. The number of hydrogen-bond donors (Lipinski definition) is 2. The normalized spacial score (nSPS) is 12.5. The lowest BCUT2D eigenvalue weighted by Crippen LogP contribution is -3.06. The van der Waals surface area contributed by atoms with Crippen LogP contribution < -0.4 is 10.2 Å². The number of nitrogens with one attached hydrogen (secondary N) is 2. The van der Waals surface area contributed by atoms with E-state index in [2.05, 4.69) is 19.4 Å². The Hall–Kier alpha value is -2.59. The Bertz CT molecular complexity index is 760. The molecule has 0 saturated carbocycles. The summed E-state index contributed by atoms with van der Waals surface area (Å²) in [5, 5.41) is 4.03. The highest BCUT2D eigenvalue weighted by atomic mass is 16.3. The number of fused-ring (bicyclic) bond motifs is 1. The van der Waals surface area contributed by atoms with Gasteiger partial charge >= 0.3 is 0 Å².